The van der Waals surface area contributed by atoms with Crippen molar-refractivity contribution in [2.24, 2.45) is 0 Å². The zero-order chi connectivity index (χ0) is 13.5. The first-order valence-corrected chi connectivity index (χ1v) is 6.22. The Kier molecular flexibility index (Phi) is 4.70. The molecular weight excluding hydrogens is 260 g/mol. The Labute approximate surface area is 116 Å². The van der Waals surface area contributed by atoms with Gasteiger partial charge in [0.15, 0.2) is 0 Å². The molecular formula is C15H13ClN2O. The first-order chi connectivity index (χ1) is 9.24. The summed E-state index contributed by atoms with van der Waals surface area (Å²) in [5, 5.41) is 3.46. The van der Waals surface area contributed by atoms with E-state index < -0.39 is 0 Å². The van der Waals surface area contributed by atoms with Crippen molar-refractivity contribution >= 4 is 23.6 Å². The second kappa shape index (κ2) is 6.71. The van der Waals surface area contributed by atoms with Gasteiger partial charge in [-0.05, 0) is 41.5 Å². The summed E-state index contributed by atoms with van der Waals surface area (Å²) in [4.78, 5) is 15.5. The van der Waals surface area contributed by atoms with E-state index in [-0.39, 0.29) is 5.91 Å². The molecule has 0 atom stereocenters. The fourth-order valence-electron chi connectivity index (χ4n) is 1.54. The van der Waals surface area contributed by atoms with Crippen LogP contribution in [-0.2, 0) is 11.3 Å². The number of aromatic nitrogens is 1. The van der Waals surface area contributed by atoms with E-state index >= 15 is 0 Å². The lowest BCUT2D eigenvalue weighted by Crippen LogP contribution is -2.20. The summed E-state index contributed by atoms with van der Waals surface area (Å²) in [7, 11) is 0. The van der Waals surface area contributed by atoms with Gasteiger partial charge < -0.3 is 5.32 Å². The number of halogens is 1. The van der Waals surface area contributed by atoms with Crippen LogP contribution in [0.4, 0.5) is 0 Å². The van der Waals surface area contributed by atoms with E-state index in [2.05, 4.69) is 10.3 Å². The highest BCUT2D eigenvalue weighted by Crippen LogP contribution is 2.10. The van der Waals surface area contributed by atoms with Crippen LogP contribution in [0.1, 0.15) is 11.1 Å². The maximum atomic E-state index is 11.6. The van der Waals surface area contributed by atoms with Crippen LogP contribution in [0.3, 0.4) is 0 Å². The second-order valence-electron chi connectivity index (χ2n) is 3.96. The number of nitrogens with zero attached hydrogens (tertiary/aromatic N) is 1. The molecule has 1 aromatic heterocycles. The second-order valence-corrected chi connectivity index (χ2v) is 4.40. The minimum atomic E-state index is -0.142. The average molecular weight is 273 g/mol. The van der Waals surface area contributed by atoms with Crippen LogP contribution in [0, 0.1) is 0 Å². The Bertz CT molecular complexity index is 582. The molecule has 0 saturated heterocycles. The summed E-state index contributed by atoms with van der Waals surface area (Å²) >= 11 is 5.87. The summed E-state index contributed by atoms with van der Waals surface area (Å²) in [5.41, 5.74) is 1.91. The van der Waals surface area contributed by atoms with Crippen LogP contribution in [-0.4, -0.2) is 10.9 Å². The molecule has 0 aliphatic heterocycles. The molecule has 1 amide bonds. The van der Waals surface area contributed by atoms with E-state index in [4.69, 9.17) is 11.6 Å². The number of hydrogen-bond donors (Lipinski definition) is 1. The third-order valence-electron chi connectivity index (χ3n) is 2.49. The number of rotatable bonds is 4. The van der Waals surface area contributed by atoms with Crippen LogP contribution >= 0.6 is 11.6 Å². The fraction of sp³-hybridized carbons (Fsp3) is 0.0667. The van der Waals surface area contributed by atoms with Gasteiger partial charge in [0.05, 0.1) is 0 Å². The number of benzene rings is 1. The Morgan fingerprint density at radius 3 is 2.79 bits per heavy atom. The van der Waals surface area contributed by atoms with Gasteiger partial charge >= 0.3 is 0 Å². The Hall–Kier alpha value is -2.13. The largest absolute Gasteiger partial charge is 0.348 e. The maximum Gasteiger partial charge on any atom is 0.244 e. The van der Waals surface area contributed by atoms with Crippen LogP contribution in [0.15, 0.2) is 54.9 Å². The standard InChI is InChI=1S/C15H13ClN2O/c16-14-3-1-2-13(10-14)11-18-15(19)5-4-12-6-8-17-9-7-12/h1-10H,11H2,(H,18,19)/b5-4+. The SMILES string of the molecule is O=C(/C=C/c1ccncc1)NCc1cccc(Cl)c1. The molecule has 0 aliphatic carbocycles. The lowest BCUT2D eigenvalue weighted by Gasteiger charge is -2.02. The third-order valence-corrected chi connectivity index (χ3v) is 2.72. The predicted molar refractivity (Wildman–Crippen MR) is 76.6 cm³/mol. The Balaban J connectivity index is 1.87. The Morgan fingerprint density at radius 1 is 1.26 bits per heavy atom. The molecule has 96 valence electrons. The Morgan fingerprint density at radius 2 is 2.05 bits per heavy atom. The first kappa shape index (κ1) is 13.3. The molecule has 1 heterocycles. The zero-order valence-corrected chi connectivity index (χ0v) is 11.0. The lowest BCUT2D eigenvalue weighted by molar-refractivity contribution is -0.116. The summed E-state index contributed by atoms with van der Waals surface area (Å²) < 4.78 is 0. The molecule has 1 N–H and O–H groups in total. The lowest BCUT2D eigenvalue weighted by atomic mass is 10.2. The number of carbonyl (C=O) groups is 1. The molecule has 1 aromatic carbocycles. The van der Waals surface area contributed by atoms with E-state index in [9.17, 15) is 4.79 Å². The van der Waals surface area contributed by atoms with Gasteiger partial charge in [-0.1, -0.05) is 23.7 Å². The van der Waals surface area contributed by atoms with Crippen molar-refractivity contribution in [1.29, 1.82) is 0 Å². The van der Waals surface area contributed by atoms with E-state index in [1.807, 2.05) is 30.3 Å². The van der Waals surface area contributed by atoms with Crippen molar-refractivity contribution in [2.45, 2.75) is 6.54 Å². The molecule has 3 nitrogen and oxygen atoms in total. The number of amides is 1. The van der Waals surface area contributed by atoms with Crippen molar-refractivity contribution in [3.8, 4) is 0 Å². The van der Waals surface area contributed by atoms with Crippen LogP contribution in [0.25, 0.3) is 6.08 Å². The minimum absolute atomic E-state index is 0.142. The van der Waals surface area contributed by atoms with Gasteiger partial charge in [-0.25, -0.2) is 0 Å². The molecule has 0 radical (unpaired) electrons. The van der Waals surface area contributed by atoms with E-state index in [0.29, 0.717) is 11.6 Å². The van der Waals surface area contributed by atoms with E-state index in [1.54, 1.807) is 24.5 Å². The average Bonchev–Trinajstić information content (AvgIpc) is 2.44. The van der Waals surface area contributed by atoms with Gasteiger partial charge in [0.25, 0.3) is 0 Å². The monoisotopic (exact) mass is 272 g/mol. The molecule has 2 aromatic rings. The molecule has 2 rings (SSSR count). The van der Waals surface area contributed by atoms with Crippen molar-refractivity contribution in [1.82, 2.24) is 10.3 Å². The number of carbonyl (C=O) groups excluding carboxylic acids is 1. The number of pyridine rings is 1. The summed E-state index contributed by atoms with van der Waals surface area (Å²) in [6.45, 7) is 0.458. The van der Waals surface area contributed by atoms with Gasteiger partial charge in [-0.15, -0.1) is 0 Å². The molecule has 0 bridgehead atoms. The minimum Gasteiger partial charge on any atom is -0.348 e. The van der Waals surface area contributed by atoms with Crippen LogP contribution in [0.5, 0.6) is 0 Å². The number of nitrogens with one attached hydrogen (secondary N) is 1. The highest BCUT2D eigenvalue weighted by Gasteiger charge is 1.97. The summed E-state index contributed by atoms with van der Waals surface area (Å²) in [6.07, 6.45) is 6.61. The molecule has 4 heteroatoms. The van der Waals surface area contributed by atoms with Gasteiger partial charge in [-0.3, -0.25) is 9.78 Å². The first-order valence-electron chi connectivity index (χ1n) is 5.84. The van der Waals surface area contributed by atoms with Gasteiger partial charge in [0.2, 0.25) is 5.91 Å². The predicted octanol–water partition coefficient (Wildman–Crippen LogP) is 3.06. The van der Waals surface area contributed by atoms with Crippen molar-refractivity contribution in [3.63, 3.8) is 0 Å². The molecule has 0 fully saturated rings. The smallest absolute Gasteiger partial charge is 0.244 e. The van der Waals surface area contributed by atoms with Crippen molar-refractivity contribution in [3.05, 3.63) is 71.0 Å². The maximum absolute atomic E-state index is 11.6. The highest BCUT2D eigenvalue weighted by atomic mass is 35.5. The topological polar surface area (TPSA) is 42.0 Å². The zero-order valence-electron chi connectivity index (χ0n) is 10.2. The van der Waals surface area contributed by atoms with Crippen LogP contribution < -0.4 is 5.32 Å². The van der Waals surface area contributed by atoms with E-state index in [0.717, 1.165) is 11.1 Å². The molecule has 0 spiro atoms. The van der Waals surface area contributed by atoms with Crippen LogP contribution in [0.2, 0.25) is 5.02 Å². The molecule has 19 heavy (non-hydrogen) atoms. The normalized spacial score (nSPS) is 10.6. The van der Waals surface area contributed by atoms with Crippen molar-refractivity contribution in [2.75, 3.05) is 0 Å². The quantitative estimate of drug-likeness (QED) is 0.869. The summed E-state index contributed by atoms with van der Waals surface area (Å²) in [5.74, 6) is -0.142. The van der Waals surface area contributed by atoms with E-state index in [1.165, 1.54) is 6.08 Å². The third kappa shape index (κ3) is 4.56. The molecule has 0 saturated carbocycles. The fourth-order valence-corrected chi connectivity index (χ4v) is 1.75. The highest BCUT2D eigenvalue weighted by molar-refractivity contribution is 6.30. The number of hydrogen-bond acceptors (Lipinski definition) is 2. The molecule has 0 aliphatic rings. The van der Waals surface area contributed by atoms with Crippen molar-refractivity contribution < 1.29 is 4.79 Å². The molecule has 0 unspecified atom stereocenters. The van der Waals surface area contributed by atoms with Gasteiger partial charge in [0, 0.05) is 30.0 Å². The van der Waals surface area contributed by atoms with Gasteiger partial charge in [-0.2, -0.15) is 0 Å². The van der Waals surface area contributed by atoms with Gasteiger partial charge in [0.1, 0.15) is 0 Å². The summed E-state index contributed by atoms with van der Waals surface area (Å²) in [6, 6.07) is 11.1.